The van der Waals surface area contributed by atoms with E-state index in [0.717, 1.165) is 37.6 Å². The Morgan fingerprint density at radius 2 is 1.83 bits per heavy atom. The Morgan fingerprint density at radius 1 is 1.13 bits per heavy atom. The number of carbonyl (C=O) groups is 1. The summed E-state index contributed by atoms with van der Waals surface area (Å²) in [6, 6.07) is 5.99. The third-order valence-corrected chi connectivity index (χ3v) is 4.51. The first-order valence-electron chi connectivity index (χ1n) is 8.96. The smallest absolute Gasteiger partial charge is 0.180 e. The van der Waals surface area contributed by atoms with Gasteiger partial charge in [0.25, 0.3) is 0 Å². The molecule has 0 spiro atoms. The lowest BCUT2D eigenvalue weighted by atomic mass is 10.1. The van der Waals surface area contributed by atoms with Crippen LogP contribution in [0.4, 0.5) is 5.69 Å². The number of carbonyl (C=O) groups excluding carboxylic acids is 1. The van der Waals surface area contributed by atoms with Crippen molar-refractivity contribution >= 4 is 11.5 Å². The fourth-order valence-corrected chi connectivity index (χ4v) is 3.21. The second-order valence-corrected chi connectivity index (χ2v) is 6.05. The Morgan fingerprint density at radius 3 is 2.43 bits per heavy atom. The molecule has 0 aliphatic carbocycles. The van der Waals surface area contributed by atoms with Gasteiger partial charge in [-0.3, -0.25) is 9.69 Å². The molecule has 4 nitrogen and oxygen atoms in total. The van der Waals surface area contributed by atoms with Crippen molar-refractivity contribution in [3.05, 3.63) is 23.8 Å². The maximum absolute atomic E-state index is 12.7. The number of anilines is 1. The van der Waals surface area contributed by atoms with E-state index in [1.54, 1.807) is 0 Å². The molecule has 23 heavy (non-hydrogen) atoms. The molecule has 0 radical (unpaired) electrons. The normalized spacial score (nSPS) is 15.4. The maximum atomic E-state index is 12.7. The molecule has 1 aliphatic rings. The minimum Gasteiger partial charge on any atom is -0.493 e. The largest absolute Gasteiger partial charge is 0.493 e. The molecule has 0 amide bonds. The van der Waals surface area contributed by atoms with Gasteiger partial charge in [-0.25, -0.2) is 0 Å². The van der Waals surface area contributed by atoms with E-state index in [0.29, 0.717) is 18.7 Å². The standard InChI is InChI=1S/C19H30N2O2/c1-4-21(5-2)16-10-11-17(19(14-16)23-6-3)18(22)15-20-12-8-7-9-13-20/h10-11,14H,4-9,12-13,15H2,1-3H3. The zero-order valence-electron chi connectivity index (χ0n) is 14.8. The summed E-state index contributed by atoms with van der Waals surface area (Å²) in [5.74, 6) is 0.889. The van der Waals surface area contributed by atoms with Crippen LogP contribution in [0.1, 0.15) is 50.4 Å². The monoisotopic (exact) mass is 318 g/mol. The number of hydrogen-bond acceptors (Lipinski definition) is 4. The van der Waals surface area contributed by atoms with E-state index >= 15 is 0 Å². The Kier molecular flexibility index (Phi) is 6.90. The Balaban J connectivity index is 2.17. The minimum atomic E-state index is 0.168. The van der Waals surface area contributed by atoms with Gasteiger partial charge in [-0.1, -0.05) is 6.42 Å². The van der Waals surface area contributed by atoms with Gasteiger partial charge >= 0.3 is 0 Å². The number of rotatable bonds is 8. The quantitative estimate of drug-likeness (QED) is 0.686. The van der Waals surface area contributed by atoms with E-state index < -0.39 is 0 Å². The van der Waals surface area contributed by atoms with E-state index in [1.807, 2.05) is 25.1 Å². The summed E-state index contributed by atoms with van der Waals surface area (Å²) in [7, 11) is 0. The lowest BCUT2D eigenvalue weighted by molar-refractivity contribution is 0.0912. The molecule has 1 fully saturated rings. The molecular formula is C19H30N2O2. The van der Waals surface area contributed by atoms with Crippen LogP contribution in [0.3, 0.4) is 0 Å². The second-order valence-electron chi connectivity index (χ2n) is 6.05. The number of likely N-dealkylation sites (tertiary alicyclic amines) is 1. The van der Waals surface area contributed by atoms with Crippen LogP contribution in [0.25, 0.3) is 0 Å². The molecule has 0 unspecified atom stereocenters. The van der Waals surface area contributed by atoms with Crippen LogP contribution in [0.5, 0.6) is 5.75 Å². The minimum absolute atomic E-state index is 0.168. The van der Waals surface area contributed by atoms with Gasteiger partial charge in [0.2, 0.25) is 0 Å². The van der Waals surface area contributed by atoms with Gasteiger partial charge in [0, 0.05) is 24.8 Å². The summed E-state index contributed by atoms with van der Waals surface area (Å²) in [6.07, 6.45) is 3.69. The average Bonchev–Trinajstić information content (AvgIpc) is 2.57. The summed E-state index contributed by atoms with van der Waals surface area (Å²) < 4.78 is 5.76. The average molecular weight is 318 g/mol. The summed E-state index contributed by atoms with van der Waals surface area (Å²) >= 11 is 0. The number of nitrogens with zero attached hydrogens (tertiary/aromatic N) is 2. The Labute approximate surface area is 140 Å². The molecule has 0 saturated carbocycles. The zero-order valence-corrected chi connectivity index (χ0v) is 14.8. The van der Waals surface area contributed by atoms with Crippen LogP contribution in [0.2, 0.25) is 0 Å². The molecule has 4 heteroatoms. The van der Waals surface area contributed by atoms with Crippen LogP contribution >= 0.6 is 0 Å². The summed E-state index contributed by atoms with van der Waals surface area (Å²) in [5, 5.41) is 0. The molecule has 1 aromatic carbocycles. The number of piperidine rings is 1. The molecule has 1 aromatic rings. The lowest BCUT2D eigenvalue weighted by Gasteiger charge is -2.26. The van der Waals surface area contributed by atoms with Gasteiger partial charge in [-0.2, -0.15) is 0 Å². The fourth-order valence-electron chi connectivity index (χ4n) is 3.21. The number of Topliss-reactive ketones (excluding diaryl/α,β-unsaturated/α-hetero) is 1. The van der Waals surface area contributed by atoms with Crippen LogP contribution in [0.15, 0.2) is 18.2 Å². The summed E-state index contributed by atoms with van der Waals surface area (Å²) in [4.78, 5) is 17.2. The lowest BCUT2D eigenvalue weighted by Crippen LogP contribution is -2.34. The Bertz CT molecular complexity index is 506. The van der Waals surface area contributed by atoms with Gasteiger partial charge in [0.1, 0.15) is 5.75 Å². The highest BCUT2D eigenvalue weighted by molar-refractivity contribution is 6.00. The van der Waals surface area contributed by atoms with Crippen LogP contribution in [-0.4, -0.2) is 50.0 Å². The summed E-state index contributed by atoms with van der Waals surface area (Å²) in [5.41, 5.74) is 1.83. The SMILES string of the molecule is CCOc1cc(N(CC)CC)ccc1C(=O)CN1CCCCC1. The number of hydrogen-bond donors (Lipinski definition) is 0. The van der Waals surface area contributed by atoms with Crippen molar-refractivity contribution in [2.75, 3.05) is 44.2 Å². The number of benzene rings is 1. The number of ether oxygens (including phenoxy) is 1. The van der Waals surface area contributed by atoms with Crippen molar-refractivity contribution in [1.82, 2.24) is 4.90 Å². The third-order valence-electron chi connectivity index (χ3n) is 4.51. The predicted molar refractivity (Wildman–Crippen MR) is 95.8 cm³/mol. The van der Waals surface area contributed by atoms with Crippen molar-refractivity contribution < 1.29 is 9.53 Å². The third kappa shape index (κ3) is 4.71. The highest BCUT2D eigenvalue weighted by Gasteiger charge is 2.19. The summed E-state index contributed by atoms with van der Waals surface area (Å²) in [6.45, 7) is 11.3. The second kappa shape index (κ2) is 8.92. The van der Waals surface area contributed by atoms with Crippen molar-refractivity contribution in [3.63, 3.8) is 0 Å². The van der Waals surface area contributed by atoms with Crippen molar-refractivity contribution in [2.24, 2.45) is 0 Å². The highest BCUT2D eigenvalue weighted by Crippen LogP contribution is 2.27. The zero-order chi connectivity index (χ0) is 16.7. The molecule has 2 rings (SSSR count). The van der Waals surface area contributed by atoms with E-state index in [1.165, 1.54) is 19.3 Å². The van der Waals surface area contributed by atoms with Gasteiger partial charge < -0.3 is 9.64 Å². The van der Waals surface area contributed by atoms with Gasteiger partial charge in [0.15, 0.2) is 5.78 Å². The van der Waals surface area contributed by atoms with Crippen LogP contribution in [-0.2, 0) is 0 Å². The van der Waals surface area contributed by atoms with Crippen LogP contribution in [0, 0.1) is 0 Å². The molecule has 128 valence electrons. The van der Waals surface area contributed by atoms with E-state index in [4.69, 9.17) is 4.74 Å². The predicted octanol–water partition coefficient (Wildman–Crippen LogP) is 3.60. The first-order valence-corrected chi connectivity index (χ1v) is 8.96. The fraction of sp³-hybridized carbons (Fsp3) is 0.632. The maximum Gasteiger partial charge on any atom is 0.180 e. The molecular weight excluding hydrogens is 288 g/mol. The molecule has 0 atom stereocenters. The van der Waals surface area contributed by atoms with Crippen molar-refractivity contribution in [1.29, 1.82) is 0 Å². The van der Waals surface area contributed by atoms with E-state index in [2.05, 4.69) is 23.6 Å². The first kappa shape index (κ1) is 17.8. The Hall–Kier alpha value is -1.55. The van der Waals surface area contributed by atoms with Gasteiger partial charge in [-0.15, -0.1) is 0 Å². The van der Waals surface area contributed by atoms with Crippen LogP contribution < -0.4 is 9.64 Å². The first-order chi connectivity index (χ1) is 11.2. The molecule has 0 bridgehead atoms. The van der Waals surface area contributed by atoms with Gasteiger partial charge in [-0.05, 0) is 58.8 Å². The topological polar surface area (TPSA) is 32.8 Å². The molecule has 0 N–H and O–H groups in total. The van der Waals surface area contributed by atoms with E-state index in [9.17, 15) is 4.79 Å². The molecule has 1 heterocycles. The molecule has 1 aliphatic heterocycles. The van der Waals surface area contributed by atoms with Crippen molar-refractivity contribution in [2.45, 2.75) is 40.0 Å². The highest BCUT2D eigenvalue weighted by atomic mass is 16.5. The molecule has 1 saturated heterocycles. The van der Waals surface area contributed by atoms with Crippen molar-refractivity contribution in [3.8, 4) is 5.75 Å². The van der Waals surface area contributed by atoms with Gasteiger partial charge in [0.05, 0.1) is 18.7 Å². The van der Waals surface area contributed by atoms with E-state index in [-0.39, 0.29) is 5.78 Å². The molecule has 0 aromatic heterocycles. The number of ketones is 1.